The number of likely N-dealkylation sites (tertiary alicyclic amines) is 1. The Morgan fingerprint density at radius 2 is 1.96 bits per heavy atom. The van der Waals surface area contributed by atoms with Gasteiger partial charge in [0.15, 0.2) is 0 Å². The van der Waals surface area contributed by atoms with Gasteiger partial charge in [0.25, 0.3) is 5.69 Å². The Morgan fingerprint density at radius 3 is 2.59 bits per heavy atom. The second-order valence-electron chi connectivity index (χ2n) is 7.69. The number of nitro benzene ring substituents is 1. The van der Waals surface area contributed by atoms with Crippen molar-refractivity contribution < 1.29 is 14.9 Å². The Bertz CT molecular complexity index is 822. The number of benzene rings is 1. The van der Waals surface area contributed by atoms with Crippen LogP contribution < -0.4 is 4.90 Å². The summed E-state index contributed by atoms with van der Waals surface area (Å²) in [5.41, 5.74) is 1.97. The highest BCUT2D eigenvalue weighted by atomic mass is 16.6. The number of aliphatic hydroxyl groups excluding tert-OH is 1. The van der Waals surface area contributed by atoms with Crippen LogP contribution >= 0.6 is 0 Å². The molecule has 1 heterocycles. The van der Waals surface area contributed by atoms with E-state index in [0.29, 0.717) is 17.5 Å². The Kier molecular flexibility index (Phi) is 5.39. The van der Waals surface area contributed by atoms with Gasteiger partial charge in [0.1, 0.15) is 11.7 Å². The molecule has 6 nitrogen and oxygen atoms in total. The summed E-state index contributed by atoms with van der Waals surface area (Å²) >= 11 is 0. The fraction of sp³-hybridized carbons (Fsp3) is 0.381. The van der Waals surface area contributed by atoms with Crippen molar-refractivity contribution in [1.29, 1.82) is 0 Å². The van der Waals surface area contributed by atoms with Crippen molar-refractivity contribution in [3.05, 3.63) is 76.0 Å². The third kappa shape index (κ3) is 3.77. The number of rotatable bonds is 5. The van der Waals surface area contributed by atoms with E-state index in [0.717, 1.165) is 0 Å². The summed E-state index contributed by atoms with van der Waals surface area (Å²) in [6, 6.07) is 6.37. The molecule has 6 heteroatoms. The summed E-state index contributed by atoms with van der Waals surface area (Å²) in [6.07, 6.45) is 11.8. The molecule has 4 atom stereocenters. The number of aliphatic hydroxyl groups is 1. The minimum absolute atomic E-state index is 0.0122. The van der Waals surface area contributed by atoms with Crippen molar-refractivity contribution in [2.45, 2.75) is 26.0 Å². The van der Waals surface area contributed by atoms with E-state index < -0.39 is 11.0 Å². The number of nitrogens with one attached hydrogen (secondary N) is 1. The third-order valence-electron chi connectivity index (χ3n) is 5.70. The molecule has 0 aromatic heterocycles. The largest absolute Gasteiger partial charge is 0.386 e. The smallest absolute Gasteiger partial charge is 0.269 e. The molecule has 1 aliphatic carbocycles. The van der Waals surface area contributed by atoms with E-state index in [2.05, 4.69) is 56.3 Å². The number of aliphatic imine (C=N–C) groups is 1. The van der Waals surface area contributed by atoms with Crippen molar-refractivity contribution in [2.24, 2.45) is 16.3 Å². The number of allylic oxidation sites excluding steroid dienone is 4. The predicted molar refractivity (Wildman–Crippen MR) is 106 cm³/mol. The highest BCUT2D eigenvalue weighted by Crippen LogP contribution is 2.40. The van der Waals surface area contributed by atoms with Gasteiger partial charge in [0.05, 0.1) is 30.0 Å². The van der Waals surface area contributed by atoms with Gasteiger partial charge in [-0.25, -0.2) is 0 Å². The van der Waals surface area contributed by atoms with Crippen LogP contribution in [0.25, 0.3) is 0 Å². The Labute approximate surface area is 159 Å². The van der Waals surface area contributed by atoms with Crippen molar-refractivity contribution in [3.63, 3.8) is 0 Å². The standard InChI is InChI=1S/C21H25N3O3/c1-21(2)17-6-4-5-7-18(17)23(3)20(21)12-13-22-14-19(25)15-8-10-16(11-9-15)24(26)27/h4-13,17-19,25H,14H2,1-3H3/p+1/b20-12+,22-13?/t17-,18-,19+/m1/s1. The monoisotopic (exact) mass is 368 g/mol. The van der Waals surface area contributed by atoms with Crippen molar-refractivity contribution in [3.8, 4) is 0 Å². The van der Waals surface area contributed by atoms with Crippen LogP contribution in [0.3, 0.4) is 0 Å². The average molecular weight is 368 g/mol. The summed E-state index contributed by atoms with van der Waals surface area (Å²) in [7, 11) is 2.18. The maximum absolute atomic E-state index is 10.7. The molecule has 1 fully saturated rings. The lowest BCUT2D eigenvalue weighted by atomic mass is 9.75. The van der Waals surface area contributed by atoms with Crippen molar-refractivity contribution in [2.75, 3.05) is 13.6 Å². The summed E-state index contributed by atoms with van der Waals surface area (Å²) < 4.78 is 0. The average Bonchev–Trinajstić information content (AvgIpc) is 2.85. The fourth-order valence-corrected chi connectivity index (χ4v) is 4.14. The van der Waals surface area contributed by atoms with Crippen molar-refractivity contribution in [1.82, 2.24) is 0 Å². The normalized spacial score (nSPS) is 28.6. The predicted octanol–water partition coefficient (Wildman–Crippen LogP) is 2.25. The third-order valence-corrected chi connectivity index (χ3v) is 5.70. The molecule has 0 amide bonds. The maximum Gasteiger partial charge on any atom is 0.269 e. The molecule has 1 saturated heterocycles. The first-order chi connectivity index (χ1) is 12.8. The molecule has 1 aromatic carbocycles. The molecule has 3 rings (SSSR count). The van der Waals surface area contributed by atoms with Crippen LogP contribution in [-0.2, 0) is 0 Å². The fourth-order valence-electron chi connectivity index (χ4n) is 4.14. The molecule has 2 N–H and O–H groups in total. The Hall–Kier alpha value is -2.57. The molecule has 1 aliphatic heterocycles. The molecule has 0 bridgehead atoms. The van der Waals surface area contributed by atoms with Crippen LogP contribution in [0.5, 0.6) is 0 Å². The first-order valence-corrected chi connectivity index (χ1v) is 9.14. The zero-order valence-electron chi connectivity index (χ0n) is 15.9. The van der Waals surface area contributed by atoms with Crippen molar-refractivity contribution >= 4 is 11.9 Å². The number of quaternary nitrogens is 1. The van der Waals surface area contributed by atoms with Crippen LogP contribution in [0.4, 0.5) is 5.69 Å². The van der Waals surface area contributed by atoms with Crippen LogP contribution in [0, 0.1) is 21.4 Å². The lowest BCUT2D eigenvalue weighted by molar-refractivity contribution is -0.851. The van der Waals surface area contributed by atoms with Gasteiger partial charge in [-0.3, -0.25) is 15.1 Å². The van der Waals surface area contributed by atoms with Gasteiger partial charge in [0, 0.05) is 30.3 Å². The van der Waals surface area contributed by atoms with Gasteiger partial charge in [0.2, 0.25) is 0 Å². The lowest BCUT2D eigenvalue weighted by Gasteiger charge is -2.23. The number of nitrogens with zero attached hydrogens (tertiary/aromatic N) is 2. The van der Waals surface area contributed by atoms with E-state index in [1.807, 2.05) is 0 Å². The summed E-state index contributed by atoms with van der Waals surface area (Å²) in [4.78, 5) is 16.0. The van der Waals surface area contributed by atoms with Gasteiger partial charge in [-0.2, -0.15) is 0 Å². The maximum atomic E-state index is 10.7. The van der Waals surface area contributed by atoms with E-state index in [-0.39, 0.29) is 17.6 Å². The van der Waals surface area contributed by atoms with Gasteiger partial charge in [-0.05, 0) is 37.6 Å². The van der Waals surface area contributed by atoms with E-state index in [4.69, 9.17) is 0 Å². The van der Waals surface area contributed by atoms with Crippen LogP contribution in [0.2, 0.25) is 0 Å². The Morgan fingerprint density at radius 1 is 1.30 bits per heavy atom. The zero-order valence-corrected chi connectivity index (χ0v) is 15.9. The minimum atomic E-state index is -0.782. The molecule has 1 unspecified atom stereocenters. The molecular formula is C21H26N3O3+. The number of likely N-dealkylation sites (N-methyl/N-ethyl adjacent to an activating group) is 1. The highest BCUT2D eigenvalue weighted by Gasteiger charge is 2.51. The first kappa shape index (κ1) is 19.2. The summed E-state index contributed by atoms with van der Waals surface area (Å²) in [5, 5.41) is 20.9. The number of fused-ring (bicyclic) bond motifs is 1. The molecule has 0 radical (unpaired) electrons. The molecule has 1 aromatic rings. The van der Waals surface area contributed by atoms with Gasteiger partial charge in [-0.1, -0.05) is 18.2 Å². The molecule has 0 spiro atoms. The number of hydrogen-bond acceptors (Lipinski definition) is 4. The topological polar surface area (TPSA) is 80.2 Å². The number of nitro groups is 1. The lowest BCUT2D eigenvalue weighted by Crippen LogP contribution is -3.09. The first-order valence-electron chi connectivity index (χ1n) is 9.14. The second kappa shape index (κ2) is 7.58. The summed E-state index contributed by atoms with van der Waals surface area (Å²) in [5.74, 6) is 0.466. The van der Waals surface area contributed by atoms with Gasteiger partial charge < -0.3 is 10.0 Å². The van der Waals surface area contributed by atoms with Crippen LogP contribution in [-0.4, -0.2) is 35.9 Å². The highest BCUT2D eigenvalue weighted by molar-refractivity contribution is 5.72. The molecule has 0 saturated carbocycles. The molecule has 142 valence electrons. The SMILES string of the molecule is C[NH+]1/C(=C/C=NC[C@H](O)c2ccc([N+](=O)[O-])cc2)C(C)(C)[C@@H]2C=CC=C[C@H]21. The quantitative estimate of drug-likeness (QED) is 0.475. The van der Waals surface area contributed by atoms with E-state index in [1.54, 1.807) is 18.3 Å². The van der Waals surface area contributed by atoms with Crippen LogP contribution in [0.1, 0.15) is 25.5 Å². The zero-order chi connectivity index (χ0) is 19.6. The van der Waals surface area contributed by atoms with Gasteiger partial charge >= 0.3 is 0 Å². The number of hydrogen-bond donors (Lipinski definition) is 2. The molecule has 27 heavy (non-hydrogen) atoms. The Balaban J connectivity index is 1.66. The second-order valence-corrected chi connectivity index (χ2v) is 7.69. The molecule has 2 aliphatic rings. The van der Waals surface area contributed by atoms with E-state index >= 15 is 0 Å². The van der Waals surface area contributed by atoms with Crippen LogP contribution in [0.15, 0.2) is 65.3 Å². The molecular weight excluding hydrogens is 342 g/mol. The number of non-ortho nitro benzene ring substituents is 1. The van der Waals surface area contributed by atoms with E-state index in [9.17, 15) is 15.2 Å². The summed E-state index contributed by atoms with van der Waals surface area (Å²) in [6.45, 7) is 4.74. The van der Waals surface area contributed by atoms with Gasteiger partial charge in [-0.15, -0.1) is 0 Å². The minimum Gasteiger partial charge on any atom is -0.386 e. The van der Waals surface area contributed by atoms with E-state index in [1.165, 1.54) is 22.7 Å².